The van der Waals surface area contributed by atoms with E-state index < -0.39 is 0 Å². The molecule has 1 aliphatic heterocycles. The predicted molar refractivity (Wildman–Crippen MR) is 72.2 cm³/mol. The maximum atomic E-state index is 12.8. The van der Waals surface area contributed by atoms with Gasteiger partial charge >= 0.3 is 0 Å². The fraction of sp³-hybridized carbons (Fsp3) is 0.600. The van der Waals surface area contributed by atoms with E-state index in [2.05, 4.69) is 10.2 Å². The summed E-state index contributed by atoms with van der Waals surface area (Å²) in [6.07, 6.45) is 5.27. The zero-order valence-electron chi connectivity index (χ0n) is 10.7. The van der Waals surface area contributed by atoms with Crippen LogP contribution < -0.4 is 5.32 Å². The van der Waals surface area contributed by atoms with Crippen molar-refractivity contribution in [1.82, 2.24) is 4.90 Å². The second-order valence-corrected chi connectivity index (χ2v) is 5.67. The molecule has 1 saturated heterocycles. The van der Waals surface area contributed by atoms with Gasteiger partial charge in [0.2, 0.25) is 0 Å². The molecule has 2 nitrogen and oxygen atoms in total. The zero-order chi connectivity index (χ0) is 12.4. The molecule has 1 aromatic carbocycles. The van der Waals surface area contributed by atoms with E-state index in [9.17, 15) is 4.39 Å². The highest BCUT2D eigenvalue weighted by Crippen LogP contribution is 2.30. The van der Waals surface area contributed by atoms with E-state index in [0.29, 0.717) is 6.04 Å². The molecule has 0 amide bonds. The lowest BCUT2D eigenvalue weighted by molar-refractivity contribution is 0.211. The molecule has 0 radical (unpaired) electrons. The van der Waals surface area contributed by atoms with Crippen LogP contribution in [0.15, 0.2) is 24.3 Å². The van der Waals surface area contributed by atoms with Crippen molar-refractivity contribution in [3.8, 4) is 0 Å². The topological polar surface area (TPSA) is 15.3 Å². The van der Waals surface area contributed by atoms with Crippen LogP contribution >= 0.6 is 0 Å². The summed E-state index contributed by atoms with van der Waals surface area (Å²) < 4.78 is 12.8. The Kier molecular flexibility index (Phi) is 3.50. The van der Waals surface area contributed by atoms with Gasteiger partial charge in [-0.3, -0.25) is 0 Å². The maximum absolute atomic E-state index is 12.8. The van der Waals surface area contributed by atoms with E-state index in [1.807, 2.05) is 12.1 Å². The minimum absolute atomic E-state index is 0.167. The number of halogens is 1. The molecule has 1 aromatic rings. The van der Waals surface area contributed by atoms with Crippen LogP contribution in [-0.4, -0.2) is 30.6 Å². The third-order valence-corrected chi connectivity index (χ3v) is 4.02. The lowest BCUT2D eigenvalue weighted by atomic mass is 10.0. The first-order valence-electron chi connectivity index (χ1n) is 7.04. The van der Waals surface area contributed by atoms with Crippen LogP contribution in [0.5, 0.6) is 0 Å². The normalized spacial score (nSPS) is 22.1. The van der Waals surface area contributed by atoms with E-state index in [1.54, 1.807) is 0 Å². The van der Waals surface area contributed by atoms with E-state index >= 15 is 0 Å². The summed E-state index contributed by atoms with van der Waals surface area (Å²) in [5, 5.41) is 3.50. The van der Waals surface area contributed by atoms with Gasteiger partial charge in [0, 0.05) is 31.4 Å². The first kappa shape index (κ1) is 12.0. The molecule has 2 fully saturated rings. The third-order valence-electron chi connectivity index (χ3n) is 4.02. The Labute approximate surface area is 108 Å². The van der Waals surface area contributed by atoms with Crippen LogP contribution in [0.4, 0.5) is 10.1 Å². The van der Waals surface area contributed by atoms with Crippen LogP contribution in [0.3, 0.4) is 0 Å². The van der Waals surface area contributed by atoms with Crippen LogP contribution in [0.1, 0.15) is 25.7 Å². The van der Waals surface area contributed by atoms with Crippen LogP contribution in [0.2, 0.25) is 0 Å². The number of benzene rings is 1. The molecule has 0 aromatic heterocycles. The molecule has 0 bridgehead atoms. The quantitative estimate of drug-likeness (QED) is 0.880. The van der Waals surface area contributed by atoms with Crippen molar-refractivity contribution in [3.63, 3.8) is 0 Å². The number of rotatable bonds is 4. The molecular formula is C15H21FN2. The number of piperidine rings is 1. The Bertz CT molecular complexity index is 378. The van der Waals surface area contributed by atoms with Gasteiger partial charge in [-0.25, -0.2) is 4.39 Å². The molecule has 1 saturated carbocycles. The minimum atomic E-state index is -0.167. The molecule has 3 rings (SSSR count). The van der Waals surface area contributed by atoms with Gasteiger partial charge in [0.25, 0.3) is 0 Å². The van der Waals surface area contributed by atoms with Gasteiger partial charge in [0.05, 0.1) is 0 Å². The zero-order valence-corrected chi connectivity index (χ0v) is 10.7. The molecule has 0 spiro atoms. The van der Waals surface area contributed by atoms with Gasteiger partial charge in [-0.15, -0.1) is 0 Å². The third kappa shape index (κ3) is 3.22. The van der Waals surface area contributed by atoms with Gasteiger partial charge in [0.15, 0.2) is 0 Å². The SMILES string of the molecule is Fc1ccc(NC2CCN(CC3CC3)CC2)cc1. The summed E-state index contributed by atoms with van der Waals surface area (Å²) in [5.41, 5.74) is 1.04. The first-order chi connectivity index (χ1) is 8.79. The second kappa shape index (κ2) is 5.27. The molecule has 1 aliphatic carbocycles. The summed E-state index contributed by atoms with van der Waals surface area (Å²) in [7, 11) is 0. The van der Waals surface area contributed by atoms with Crippen molar-refractivity contribution < 1.29 is 4.39 Å². The second-order valence-electron chi connectivity index (χ2n) is 5.67. The molecule has 3 heteroatoms. The molecule has 1 heterocycles. The Balaban J connectivity index is 1.45. The van der Waals surface area contributed by atoms with Crippen molar-refractivity contribution >= 4 is 5.69 Å². The van der Waals surface area contributed by atoms with E-state index in [1.165, 1.54) is 57.5 Å². The van der Waals surface area contributed by atoms with Gasteiger partial charge in [-0.05, 0) is 55.9 Å². The van der Waals surface area contributed by atoms with Crippen molar-refractivity contribution in [2.24, 2.45) is 5.92 Å². The van der Waals surface area contributed by atoms with Crippen LogP contribution in [0.25, 0.3) is 0 Å². The van der Waals surface area contributed by atoms with E-state index in [-0.39, 0.29) is 5.82 Å². The number of hydrogen-bond donors (Lipinski definition) is 1. The molecule has 98 valence electrons. The fourth-order valence-electron chi connectivity index (χ4n) is 2.71. The summed E-state index contributed by atoms with van der Waals surface area (Å²) in [6.45, 7) is 3.72. The number of nitrogens with zero attached hydrogens (tertiary/aromatic N) is 1. The summed E-state index contributed by atoms with van der Waals surface area (Å²) >= 11 is 0. The van der Waals surface area contributed by atoms with E-state index in [4.69, 9.17) is 0 Å². The first-order valence-corrected chi connectivity index (χ1v) is 7.04. The van der Waals surface area contributed by atoms with Crippen molar-refractivity contribution in [3.05, 3.63) is 30.1 Å². The van der Waals surface area contributed by atoms with E-state index in [0.717, 1.165) is 11.6 Å². The van der Waals surface area contributed by atoms with Gasteiger partial charge in [0.1, 0.15) is 5.82 Å². The largest absolute Gasteiger partial charge is 0.382 e. The standard InChI is InChI=1S/C15H21FN2/c16-13-3-5-14(6-4-13)17-15-7-9-18(10-8-15)11-12-1-2-12/h3-6,12,15,17H,1-2,7-11H2. The van der Waals surface area contributed by atoms with Crippen molar-refractivity contribution in [2.45, 2.75) is 31.7 Å². The summed E-state index contributed by atoms with van der Waals surface area (Å²) in [4.78, 5) is 2.60. The minimum Gasteiger partial charge on any atom is -0.382 e. The van der Waals surface area contributed by atoms with Gasteiger partial charge in [-0.1, -0.05) is 0 Å². The highest BCUT2D eigenvalue weighted by Gasteiger charge is 2.26. The Morgan fingerprint density at radius 1 is 1.06 bits per heavy atom. The van der Waals surface area contributed by atoms with Crippen molar-refractivity contribution in [2.75, 3.05) is 25.0 Å². The van der Waals surface area contributed by atoms with Crippen molar-refractivity contribution in [1.29, 1.82) is 0 Å². The lowest BCUT2D eigenvalue weighted by Crippen LogP contribution is -2.40. The molecule has 1 N–H and O–H groups in total. The monoisotopic (exact) mass is 248 g/mol. The molecule has 2 aliphatic rings. The van der Waals surface area contributed by atoms with Gasteiger partial charge < -0.3 is 10.2 Å². The highest BCUT2D eigenvalue weighted by atomic mass is 19.1. The Morgan fingerprint density at radius 3 is 2.33 bits per heavy atom. The summed E-state index contributed by atoms with van der Waals surface area (Å²) in [6, 6.07) is 7.23. The smallest absolute Gasteiger partial charge is 0.123 e. The number of anilines is 1. The highest BCUT2D eigenvalue weighted by molar-refractivity contribution is 5.43. The number of likely N-dealkylation sites (tertiary alicyclic amines) is 1. The lowest BCUT2D eigenvalue weighted by Gasteiger charge is -2.32. The predicted octanol–water partition coefficient (Wildman–Crippen LogP) is 3.11. The Hall–Kier alpha value is -1.09. The average Bonchev–Trinajstić information content (AvgIpc) is 3.19. The Morgan fingerprint density at radius 2 is 1.72 bits per heavy atom. The summed E-state index contributed by atoms with van der Waals surface area (Å²) in [5.74, 6) is 0.825. The fourth-order valence-corrected chi connectivity index (χ4v) is 2.71. The number of hydrogen-bond acceptors (Lipinski definition) is 2. The average molecular weight is 248 g/mol. The molecule has 18 heavy (non-hydrogen) atoms. The number of nitrogens with one attached hydrogen (secondary N) is 1. The maximum Gasteiger partial charge on any atom is 0.123 e. The molecule has 0 atom stereocenters. The molecular weight excluding hydrogens is 227 g/mol. The van der Waals surface area contributed by atoms with Crippen LogP contribution in [0, 0.1) is 11.7 Å². The van der Waals surface area contributed by atoms with Gasteiger partial charge in [-0.2, -0.15) is 0 Å². The van der Waals surface area contributed by atoms with Crippen LogP contribution in [-0.2, 0) is 0 Å². The molecule has 0 unspecified atom stereocenters.